The number of thiophene rings is 1. The monoisotopic (exact) mass is 436 g/mol. The molecule has 0 unspecified atom stereocenters. The number of carbonyl (C=O) groups is 1. The first-order valence-electron chi connectivity index (χ1n) is 10.2. The second kappa shape index (κ2) is 9.41. The number of carbonyl (C=O) groups excluding carboxylic acids is 1. The summed E-state index contributed by atoms with van der Waals surface area (Å²) in [4.78, 5) is 13.9. The van der Waals surface area contributed by atoms with Crippen LogP contribution in [0.1, 0.15) is 40.6 Å². The van der Waals surface area contributed by atoms with Crippen LogP contribution in [0.15, 0.2) is 54.6 Å². The molecule has 4 nitrogen and oxygen atoms in total. The molecule has 0 spiro atoms. The number of para-hydroxylation sites is 1. The molecule has 0 saturated heterocycles. The zero-order valence-electron chi connectivity index (χ0n) is 16.9. The summed E-state index contributed by atoms with van der Waals surface area (Å²) in [6.45, 7) is 2.19. The van der Waals surface area contributed by atoms with E-state index in [4.69, 9.17) is 17.0 Å². The average molecular weight is 437 g/mol. The lowest BCUT2D eigenvalue weighted by atomic mass is 9.95. The fourth-order valence-electron chi connectivity index (χ4n) is 3.79. The van der Waals surface area contributed by atoms with E-state index in [9.17, 15) is 4.79 Å². The number of anilines is 2. The van der Waals surface area contributed by atoms with E-state index in [1.807, 2.05) is 43.3 Å². The standard InChI is InChI=1S/C24H24N2O2S2/c1-2-28-23(27)21-18-13-7-9-15-20(18)30-22(21)26-24(29)25-19-14-8-6-12-17(19)16-10-4-3-5-11-16/h3-6,8,10-12,14H,2,7,9,13,15H2,1H3,(H2,25,26,29). The van der Waals surface area contributed by atoms with Crippen molar-refractivity contribution < 1.29 is 9.53 Å². The molecular formula is C24H24N2O2S2. The molecular weight excluding hydrogens is 412 g/mol. The summed E-state index contributed by atoms with van der Waals surface area (Å²) < 4.78 is 5.33. The van der Waals surface area contributed by atoms with Gasteiger partial charge in [-0.2, -0.15) is 0 Å². The van der Waals surface area contributed by atoms with Gasteiger partial charge < -0.3 is 15.4 Å². The number of rotatable bonds is 5. The fraction of sp³-hybridized carbons (Fsp3) is 0.250. The maximum atomic E-state index is 12.7. The van der Waals surface area contributed by atoms with Crippen molar-refractivity contribution in [1.29, 1.82) is 0 Å². The Morgan fingerprint density at radius 2 is 1.77 bits per heavy atom. The minimum Gasteiger partial charge on any atom is -0.462 e. The summed E-state index contributed by atoms with van der Waals surface area (Å²) in [5.41, 5.74) is 4.87. The number of esters is 1. The predicted molar refractivity (Wildman–Crippen MR) is 129 cm³/mol. The van der Waals surface area contributed by atoms with Gasteiger partial charge in [-0.25, -0.2) is 4.79 Å². The van der Waals surface area contributed by atoms with Crippen molar-refractivity contribution in [1.82, 2.24) is 0 Å². The zero-order chi connectivity index (χ0) is 20.9. The van der Waals surface area contributed by atoms with Gasteiger partial charge in [0.2, 0.25) is 0 Å². The molecule has 2 N–H and O–H groups in total. The second-order valence-electron chi connectivity index (χ2n) is 7.13. The quantitative estimate of drug-likeness (QED) is 0.364. The van der Waals surface area contributed by atoms with Gasteiger partial charge in [-0.15, -0.1) is 11.3 Å². The normalized spacial score (nSPS) is 12.7. The summed E-state index contributed by atoms with van der Waals surface area (Å²) in [5, 5.41) is 7.82. The zero-order valence-corrected chi connectivity index (χ0v) is 18.5. The van der Waals surface area contributed by atoms with Gasteiger partial charge in [-0.3, -0.25) is 0 Å². The number of nitrogens with one attached hydrogen (secondary N) is 2. The lowest BCUT2D eigenvalue weighted by Gasteiger charge is -2.15. The Bertz CT molecular complexity index is 1060. The highest BCUT2D eigenvalue weighted by molar-refractivity contribution is 7.80. The molecule has 1 aliphatic rings. The van der Waals surface area contributed by atoms with E-state index in [1.165, 1.54) is 4.88 Å². The van der Waals surface area contributed by atoms with E-state index in [0.717, 1.165) is 53.1 Å². The Morgan fingerprint density at radius 3 is 2.57 bits per heavy atom. The molecule has 0 aliphatic heterocycles. The van der Waals surface area contributed by atoms with E-state index in [-0.39, 0.29) is 5.97 Å². The van der Waals surface area contributed by atoms with Gasteiger partial charge in [-0.1, -0.05) is 48.5 Å². The van der Waals surface area contributed by atoms with Crippen molar-refractivity contribution in [3.8, 4) is 11.1 Å². The molecule has 30 heavy (non-hydrogen) atoms. The predicted octanol–water partition coefficient (Wildman–Crippen LogP) is 6.28. The summed E-state index contributed by atoms with van der Waals surface area (Å²) in [6.07, 6.45) is 4.18. The fourth-order valence-corrected chi connectivity index (χ4v) is 5.35. The summed E-state index contributed by atoms with van der Waals surface area (Å²) in [7, 11) is 0. The van der Waals surface area contributed by atoms with Crippen LogP contribution in [0.2, 0.25) is 0 Å². The molecule has 3 aromatic rings. The minimum atomic E-state index is -0.271. The molecule has 1 heterocycles. The van der Waals surface area contributed by atoms with Gasteiger partial charge in [0.25, 0.3) is 0 Å². The van der Waals surface area contributed by atoms with E-state index in [0.29, 0.717) is 17.3 Å². The first-order chi connectivity index (χ1) is 14.7. The van der Waals surface area contributed by atoms with Crippen LogP contribution in [0.25, 0.3) is 11.1 Å². The summed E-state index contributed by atoms with van der Waals surface area (Å²) >= 11 is 7.23. The highest BCUT2D eigenvalue weighted by Crippen LogP contribution is 2.39. The van der Waals surface area contributed by atoms with Gasteiger partial charge in [0.1, 0.15) is 5.00 Å². The third-order valence-corrected chi connectivity index (χ3v) is 6.55. The minimum absolute atomic E-state index is 0.271. The molecule has 1 aromatic heterocycles. The van der Waals surface area contributed by atoms with Gasteiger partial charge in [0.05, 0.1) is 12.2 Å². The molecule has 1 aliphatic carbocycles. The molecule has 0 radical (unpaired) electrons. The first-order valence-corrected chi connectivity index (χ1v) is 11.4. The molecule has 6 heteroatoms. The largest absolute Gasteiger partial charge is 0.462 e. The van der Waals surface area contributed by atoms with Crippen LogP contribution in [0.3, 0.4) is 0 Å². The number of aryl methyl sites for hydroxylation is 1. The van der Waals surface area contributed by atoms with Crippen LogP contribution in [0.4, 0.5) is 10.7 Å². The van der Waals surface area contributed by atoms with Crippen LogP contribution < -0.4 is 10.6 Å². The summed E-state index contributed by atoms with van der Waals surface area (Å²) in [6, 6.07) is 18.2. The molecule has 154 valence electrons. The van der Waals surface area contributed by atoms with Crippen molar-refractivity contribution in [2.45, 2.75) is 32.6 Å². The molecule has 2 aromatic carbocycles. The summed E-state index contributed by atoms with van der Waals surface area (Å²) in [5.74, 6) is -0.271. The number of ether oxygens (including phenoxy) is 1. The van der Waals surface area contributed by atoms with Gasteiger partial charge >= 0.3 is 5.97 Å². The topological polar surface area (TPSA) is 50.4 Å². The SMILES string of the molecule is CCOC(=O)c1c(NC(=S)Nc2ccccc2-c2ccccc2)sc2c1CCCC2. The average Bonchev–Trinajstić information content (AvgIpc) is 3.12. The highest BCUT2D eigenvalue weighted by Gasteiger charge is 2.26. The Balaban J connectivity index is 1.59. The molecule has 0 saturated carbocycles. The lowest BCUT2D eigenvalue weighted by Crippen LogP contribution is -2.21. The van der Waals surface area contributed by atoms with Crippen LogP contribution in [0, 0.1) is 0 Å². The number of thiocarbonyl (C=S) groups is 1. The van der Waals surface area contributed by atoms with Gasteiger partial charge in [-0.05, 0) is 62.0 Å². The van der Waals surface area contributed by atoms with E-state index in [2.05, 4.69) is 28.8 Å². The molecule has 0 atom stereocenters. The lowest BCUT2D eigenvalue weighted by molar-refractivity contribution is 0.0526. The van der Waals surface area contributed by atoms with Crippen molar-refractivity contribution in [3.05, 3.63) is 70.6 Å². The second-order valence-corrected chi connectivity index (χ2v) is 8.64. The number of hydrogen-bond donors (Lipinski definition) is 2. The smallest absolute Gasteiger partial charge is 0.341 e. The van der Waals surface area contributed by atoms with Crippen molar-refractivity contribution in [3.63, 3.8) is 0 Å². The van der Waals surface area contributed by atoms with E-state index >= 15 is 0 Å². The van der Waals surface area contributed by atoms with Crippen LogP contribution in [0.5, 0.6) is 0 Å². The Labute approximate surface area is 186 Å². The Hall–Kier alpha value is -2.70. The number of hydrogen-bond acceptors (Lipinski definition) is 4. The molecule has 4 rings (SSSR count). The number of benzene rings is 2. The third kappa shape index (κ3) is 4.40. The Morgan fingerprint density at radius 1 is 1.03 bits per heavy atom. The number of fused-ring (bicyclic) bond motifs is 1. The third-order valence-electron chi connectivity index (χ3n) is 5.14. The molecule has 0 bridgehead atoms. The van der Waals surface area contributed by atoms with Crippen molar-refractivity contribution >= 4 is 45.3 Å². The maximum Gasteiger partial charge on any atom is 0.341 e. The van der Waals surface area contributed by atoms with Crippen molar-refractivity contribution in [2.75, 3.05) is 17.2 Å². The van der Waals surface area contributed by atoms with Gasteiger partial charge in [0, 0.05) is 16.1 Å². The maximum absolute atomic E-state index is 12.7. The first kappa shape index (κ1) is 20.6. The molecule has 0 amide bonds. The van der Waals surface area contributed by atoms with Crippen LogP contribution in [-0.4, -0.2) is 17.7 Å². The highest BCUT2D eigenvalue weighted by atomic mass is 32.1. The Kier molecular flexibility index (Phi) is 6.45. The molecule has 0 fully saturated rings. The van der Waals surface area contributed by atoms with E-state index in [1.54, 1.807) is 11.3 Å². The van der Waals surface area contributed by atoms with E-state index < -0.39 is 0 Å². The van der Waals surface area contributed by atoms with Crippen LogP contribution >= 0.6 is 23.6 Å². The van der Waals surface area contributed by atoms with Gasteiger partial charge in [0.15, 0.2) is 5.11 Å². The van der Waals surface area contributed by atoms with Crippen LogP contribution in [-0.2, 0) is 17.6 Å². The van der Waals surface area contributed by atoms with Crippen molar-refractivity contribution in [2.24, 2.45) is 0 Å².